The van der Waals surface area contributed by atoms with Crippen molar-refractivity contribution in [3.05, 3.63) is 65.7 Å². The summed E-state index contributed by atoms with van der Waals surface area (Å²) in [5.74, 6) is -1.17. The molecule has 4 rings (SSSR count). The Balaban J connectivity index is 1.77. The monoisotopic (exact) mass is 493 g/mol. The van der Waals surface area contributed by atoms with Gasteiger partial charge >= 0.3 is 5.97 Å². The lowest BCUT2D eigenvalue weighted by Gasteiger charge is -2.47. The molecular weight excluding hydrogens is 458 g/mol. The average Bonchev–Trinajstić information content (AvgIpc) is 3.26. The Morgan fingerprint density at radius 2 is 1.85 bits per heavy atom. The largest absolute Gasteiger partial charge is 0.448 e. The number of carbonyl (C=O) groups is 2. The van der Waals surface area contributed by atoms with Crippen molar-refractivity contribution in [2.75, 3.05) is 13.1 Å². The highest BCUT2D eigenvalue weighted by Crippen LogP contribution is 2.46. The van der Waals surface area contributed by atoms with Crippen LogP contribution in [0.15, 0.2) is 54.6 Å². The van der Waals surface area contributed by atoms with Crippen LogP contribution in [0.5, 0.6) is 0 Å². The molecule has 0 N–H and O–H groups in total. The van der Waals surface area contributed by atoms with E-state index in [1.54, 1.807) is 0 Å². The Morgan fingerprint density at radius 3 is 2.50 bits per heavy atom. The molecule has 0 aliphatic carbocycles. The Morgan fingerprint density at radius 1 is 1.12 bits per heavy atom. The molecular formula is C28H35NO3SSi. The molecule has 1 aromatic heterocycles. The van der Waals surface area contributed by atoms with Gasteiger partial charge in [0.05, 0.1) is 8.07 Å². The van der Waals surface area contributed by atoms with Crippen molar-refractivity contribution < 1.29 is 14.3 Å². The van der Waals surface area contributed by atoms with E-state index in [0.29, 0.717) is 6.42 Å². The summed E-state index contributed by atoms with van der Waals surface area (Å²) in [6, 6.07) is 19.2. The number of piperidine rings is 1. The summed E-state index contributed by atoms with van der Waals surface area (Å²) in [4.78, 5) is 27.2. The van der Waals surface area contributed by atoms with Crippen molar-refractivity contribution >= 4 is 45.7 Å². The number of ether oxygens (including phenoxy) is 1. The van der Waals surface area contributed by atoms with Gasteiger partial charge in [0.2, 0.25) is 5.78 Å². The molecule has 6 heteroatoms. The van der Waals surface area contributed by atoms with Gasteiger partial charge in [0.25, 0.3) is 0 Å². The van der Waals surface area contributed by atoms with Crippen LogP contribution >= 0.6 is 11.3 Å². The normalized spacial score (nSPS) is 21.5. The quantitative estimate of drug-likeness (QED) is 0.240. The predicted molar refractivity (Wildman–Crippen MR) is 143 cm³/mol. The number of thiophene rings is 1. The number of fused-ring (bicyclic) bond motifs is 1. The third-order valence-corrected chi connectivity index (χ3v) is 11.7. The first kappa shape index (κ1) is 24.8. The number of ketones is 1. The van der Waals surface area contributed by atoms with Crippen LogP contribution in [-0.4, -0.2) is 37.8 Å². The van der Waals surface area contributed by atoms with Crippen molar-refractivity contribution in [1.82, 2.24) is 4.90 Å². The van der Waals surface area contributed by atoms with E-state index >= 15 is 0 Å². The summed E-state index contributed by atoms with van der Waals surface area (Å²) in [6.07, 6.45) is 1.54. The lowest BCUT2D eigenvalue weighted by atomic mass is 9.74. The molecule has 180 valence electrons. The molecule has 0 radical (unpaired) electrons. The zero-order valence-corrected chi connectivity index (χ0v) is 22.7. The van der Waals surface area contributed by atoms with Gasteiger partial charge in [-0.3, -0.25) is 9.69 Å². The number of Topliss-reactive ketones (excluding diaryl/α,β-unsaturated/α-hetero) is 1. The summed E-state index contributed by atoms with van der Waals surface area (Å²) in [5.41, 5.74) is 1.55. The van der Waals surface area contributed by atoms with E-state index in [1.165, 1.54) is 27.1 Å². The van der Waals surface area contributed by atoms with Gasteiger partial charge in [0, 0.05) is 49.2 Å². The molecule has 0 amide bonds. The zero-order valence-electron chi connectivity index (χ0n) is 20.9. The molecule has 1 aliphatic rings. The van der Waals surface area contributed by atoms with Crippen LogP contribution in [0.1, 0.15) is 37.8 Å². The van der Waals surface area contributed by atoms with Gasteiger partial charge in [-0.15, -0.1) is 11.3 Å². The number of nitrogens with zero attached hydrogens (tertiary/aromatic N) is 1. The lowest BCUT2D eigenvalue weighted by molar-refractivity contribution is -0.179. The third kappa shape index (κ3) is 4.90. The molecule has 34 heavy (non-hydrogen) atoms. The highest BCUT2D eigenvalue weighted by molar-refractivity contribution is 7.31. The second-order valence-electron chi connectivity index (χ2n) is 10.5. The minimum absolute atomic E-state index is 0.0938. The van der Waals surface area contributed by atoms with E-state index in [0.717, 1.165) is 31.6 Å². The van der Waals surface area contributed by atoms with Gasteiger partial charge < -0.3 is 4.74 Å². The minimum atomic E-state index is -1.49. The fourth-order valence-electron chi connectivity index (χ4n) is 5.07. The van der Waals surface area contributed by atoms with E-state index in [-0.39, 0.29) is 5.92 Å². The highest BCUT2D eigenvalue weighted by atomic mass is 32.1. The molecule has 1 saturated heterocycles. The third-order valence-electron chi connectivity index (χ3n) is 6.98. The van der Waals surface area contributed by atoms with E-state index in [1.807, 2.05) is 17.4 Å². The maximum absolute atomic E-state index is 12.7. The Bertz CT molecular complexity index is 1180. The average molecular weight is 494 g/mol. The molecule has 1 aliphatic heterocycles. The van der Waals surface area contributed by atoms with Crippen LogP contribution in [0.2, 0.25) is 19.6 Å². The maximum Gasteiger partial charge on any atom is 0.375 e. The van der Waals surface area contributed by atoms with Crippen molar-refractivity contribution in [2.24, 2.45) is 5.92 Å². The first-order chi connectivity index (χ1) is 16.1. The van der Waals surface area contributed by atoms with Crippen LogP contribution < -0.4 is 4.50 Å². The molecule has 2 unspecified atom stereocenters. The Labute approximate surface area is 207 Å². The highest BCUT2D eigenvalue weighted by Gasteiger charge is 2.48. The lowest BCUT2D eigenvalue weighted by Crippen LogP contribution is -2.52. The van der Waals surface area contributed by atoms with Crippen LogP contribution in [0.4, 0.5) is 0 Å². The van der Waals surface area contributed by atoms with Crippen LogP contribution in [0.3, 0.4) is 0 Å². The topological polar surface area (TPSA) is 46.6 Å². The van der Waals surface area contributed by atoms with Gasteiger partial charge in [-0.05, 0) is 27.9 Å². The number of likely N-dealkylation sites (tertiary alicyclic amines) is 1. The molecule has 2 aromatic carbocycles. The SMILES string of the molecule is CCC1CN(Cc2ccccc2)CCC1(OC(=O)C(C)=O)c1cccc2cc([Si](C)(C)C)sc12. The number of esters is 1. The second-order valence-corrected chi connectivity index (χ2v) is 16.9. The molecule has 2 atom stereocenters. The number of hydrogen-bond acceptors (Lipinski definition) is 5. The fraction of sp³-hybridized carbons (Fsp3) is 0.429. The second kappa shape index (κ2) is 9.76. The van der Waals surface area contributed by atoms with E-state index in [9.17, 15) is 9.59 Å². The molecule has 3 aromatic rings. The molecule has 0 bridgehead atoms. The van der Waals surface area contributed by atoms with Gasteiger partial charge in [-0.25, -0.2) is 4.79 Å². The zero-order chi connectivity index (χ0) is 24.5. The van der Waals surface area contributed by atoms with Gasteiger partial charge in [-0.2, -0.15) is 0 Å². The molecule has 1 fully saturated rings. The van der Waals surface area contributed by atoms with Crippen molar-refractivity contribution in [3.63, 3.8) is 0 Å². The molecule has 4 nitrogen and oxygen atoms in total. The van der Waals surface area contributed by atoms with Gasteiger partial charge in [-0.1, -0.05) is 75.1 Å². The predicted octanol–water partition coefficient (Wildman–Crippen LogP) is 5.71. The van der Waals surface area contributed by atoms with E-state index in [2.05, 4.69) is 80.0 Å². The number of rotatable bonds is 7. The molecule has 0 spiro atoms. The fourth-order valence-corrected chi connectivity index (χ4v) is 8.19. The number of hydrogen-bond donors (Lipinski definition) is 0. The number of carbonyl (C=O) groups excluding carboxylic acids is 2. The first-order valence-corrected chi connectivity index (χ1v) is 16.5. The summed E-state index contributed by atoms with van der Waals surface area (Å²) in [6.45, 7) is 13.0. The Kier molecular flexibility index (Phi) is 7.13. The summed E-state index contributed by atoms with van der Waals surface area (Å²) >= 11 is 1.85. The standard InChI is InChI=1S/C28H35NO3SSi/c1-6-23-19-29(18-21-11-8-7-9-12-21)16-15-28(23,32-27(31)20(2)30)24-14-10-13-22-17-25(33-26(22)24)34(3,4)5/h7-14,17,23H,6,15-16,18-19H2,1-5H3. The van der Waals surface area contributed by atoms with Crippen molar-refractivity contribution in [2.45, 2.75) is 58.5 Å². The van der Waals surface area contributed by atoms with E-state index < -0.39 is 25.4 Å². The van der Waals surface area contributed by atoms with Gasteiger partial charge in [0.1, 0.15) is 5.60 Å². The Hall–Kier alpha value is -2.28. The van der Waals surface area contributed by atoms with E-state index in [4.69, 9.17) is 4.74 Å². The maximum atomic E-state index is 12.7. The summed E-state index contributed by atoms with van der Waals surface area (Å²) < 4.78 is 8.88. The molecule has 0 saturated carbocycles. The number of benzene rings is 2. The van der Waals surface area contributed by atoms with Crippen LogP contribution in [-0.2, 0) is 26.5 Å². The smallest absolute Gasteiger partial charge is 0.375 e. The van der Waals surface area contributed by atoms with Gasteiger partial charge in [0.15, 0.2) is 0 Å². The molecule has 2 heterocycles. The van der Waals surface area contributed by atoms with Crippen LogP contribution in [0.25, 0.3) is 10.1 Å². The van der Waals surface area contributed by atoms with Crippen LogP contribution in [0, 0.1) is 5.92 Å². The summed E-state index contributed by atoms with van der Waals surface area (Å²) in [5, 5.41) is 1.21. The summed E-state index contributed by atoms with van der Waals surface area (Å²) in [7, 11) is -1.49. The minimum Gasteiger partial charge on any atom is -0.448 e. The van der Waals surface area contributed by atoms with Crippen molar-refractivity contribution in [1.29, 1.82) is 0 Å². The first-order valence-electron chi connectivity index (χ1n) is 12.2. The van der Waals surface area contributed by atoms with Crippen molar-refractivity contribution in [3.8, 4) is 0 Å².